The average molecular weight is 1820 g/mol. The molecule has 8 aromatic heterocycles. The molecule has 12 aromatic rings. The number of piperazine rings is 4. The van der Waals surface area contributed by atoms with Gasteiger partial charge in [0.15, 0.2) is 45.5 Å². The number of aromatic amines is 6. The van der Waals surface area contributed by atoms with Crippen molar-refractivity contribution < 1.29 is 23.6 Å². The van der Waals surface area contributed by atoms with E-state index in [9.17, 15) is 19.2 Å². The molecule has 4 bridgehead atoms. The predicted octanol–water partition coefficient (Wildman–Crippen LogP) is 19.8. The minimum atomic E-state index is 0.0533. The quantitative estimate of drug-likeness (QED) is 0.0199. The van der Waals surface area contributed by atoms with Crippen LogP contribution in [-0.2, 0) is 25.7 Å². The Morgan fingerprint density at radius 3 is 1.06 bits per heavy atom. The standard InChI is InChI=1S/C27H36N4O2.C26H36N6O.C26H38N6O.C26H37N5OS/c1-18(2)8-9-19(12-20-14-28-24-7-5-4-6-23(20)24)13-25(32)26-15-29-27(33-26)31-16-21-10-11-22(17-31)30(21)3;1-17(2)8-9-18(12-19-14-27-23-7-5-4-6-22(19)23)13-24(33)25-28-26(30-29-25)32-15-20-10-11-21(16-32)31(20)3;1-17(2)10-11-20(12-21-14-27-23-9-7-6-8-22(21)23)13-24(33)25-28-26(30-29-25)32-15-18(3)31(5)19(4)16-32;1-17(2)10-11-20(12-21-14-27-23-9-7-6-8-22(21)23)13-24(32)25-28-29-26(33-25)31-15-18(3)30(5)19(4)16-31/h4-7,14-15,18-19,21-22,28H,8-13,16-17H2,1-3H3;4-7,14,17-18,20-21,27H,8-13,15-16H2,1-3H3,(H,28,29,30);6-9,14,17-20,27H,10-13,15-16H2,1-5H3,(H,28,29,30);6-9,14,17-20,27H,10-13,15-16H2,1-5H3/t;;2*18-,19+,20?. The van der Waals surface area contributed by atoms with Crippen molar-refractivity contribution >= 4 is 101 Å². The van der Waals surface area contributed by atoms with Crippen molar-refractivity contribution in [3.8, 4) is 0 Å². The fourth-order valence-corrected chi connectivity index (χ4v) is 21.8. The topological polar surface area (TPSA) is 292 Å². The zero-order chi connectivity index (χ0) is 93.0. The van der Waals surface area contributed by atoms with Gasteiger partial charge in [0.05, 0.1) is 6.20 Å². The van der Waals surface area contributed by atoms with Crippen molar-refractivity contribution in [1.82, 2.24) is 85.1 Å². The Balaban J connectivity index is 0.000000135. The van der Waals surface area contributed by atoms with Crippen LogP contribution >= 0.6 is 11.3 Å². The third kappa shape index (κ3) is 24.3. The van der Waals surface area contributed by atoms with E-state index in [1.807, 2.05) is 6.07 Å². The van der Waals surface area contributed by atoms with E-state index in [0.717, 1.165) is 157 Å². The highest BCUT2D eigenvalue weighted by atomic mass is 32.1. The number of rotatable bonds is 36. The number of nitrogens with zero attached hydrogens (tertiary/aromatic N) is 15. The summed E-state index contributed by atoms with van der Waals surface area (Å²) in [7, 11) is 8.77. The number of ketones is 4. The molecule has 8 unspecified atom stereocenters. The van der Waals surface area contributed by atoms with Crippen LogP contribution in [0.3, 0.4) is 0 Å². The number of benzene rings is 4. The molecule has 6 aliphatic heterocycles. The van der Waals surface area contributed by atoms with Gasteiger partial charge in [0, 0.05) is 195 Å². The minimum absolute atomic E-state index is 0.0533. The Kier molecular flexibility index (Phi) is 32.4. The van der Waals surface area contributed by atoms with Gasteiger partial charge in [-0.15, -0.1) is 20.4 Å². The van der Waals surface area contributed by atoms with Gasteiger partial charge in [-0.2, -0.15) is 9.97 Å². The number of carbonyl (C=O) groups excluding carboxylic acids is 4. The van der Waals surface area contributed by atoms with Crippen LogP contribution in [0.2, 0.25) is 0 Å². The van der Waals surface area contributed by atoms with Crippen LogP contribution in [0.5, 0.6) is 0 Å². The van der Waals surface area contributed by atoms with Crippen molar-refractivity contribution in [3.63, 3.8) is 0 Å². The smallest absolute Gasteiger partial charge is 0.297 e. The van der Waals surface area contributed by atoms with E-state index in [2.05, 4.69) is 332 Å². The second kappa shape index (κ2) is 44.3. The SMILES string of the molecule is CC(C)CCC(CC(=O)c1cnc(N2CC3CCC(C2)N3C)o1)Cc1c[nH]c2ccccc12.CC(C)CCC(CC(=O)c1nc(N2CC3CCC(C2)N3C)n[nH]1)Cc1c[nH]c2ccccc12.CC(C)CCC(CC(=O)c1nc(N2C[C@@H](C)N(C)[C@@H](C)C2)n[nH]1)Cc1c[nH]c2ccccc12.CC(C)CCC(CC(=O)c1nnc(N2C[C@@H](C)N(C)[C@@H](C)C2)s1)Cc1c[nH]c2ccccc12. The summed E-state index contributed by atoms with van der Waals surface area (Å²) in [6.07, 6.45) is 29.2. The number of nitrogens with one attached hydrogen (secondary N) is 6. The third-order valence-electron chi connectivity index (χ3n) is 29.7. The van der Waals surface area contributed by atoms with Crippen LogP contribution in [-0.4, -0.2) is 237 Å². The van der Waals surface area contributed by atoms with Crippen molar-refractivity contribution in [2.24, 2.45) is 47.3 Å². The van der Waals surface area contributed by atoms with Crippen molar-refractivity contribution in [3.05, 3.63) is 173 Å². The van der Waals surface area contributed by atoms with E-state index in [0.29, 0.717) is 144 Å². The molecule has 18 rings (SSSR count). The summed E-state index contributed by atoms with van der Waals surface area (Å²) in [5, 5.41) is 29.9. The molecule has 6 saturated heterocycles. The van der Waals surface area contributed by atoms with Gasteiger partial charge in [-0.3, -0.25) is 49.0 Å². The maximum atomic E-state index is 13.2. The van der Waals surface area contributed by atoms with Crippen molar-refractivity contribution in [1.29, 1.82) is 0 Å². The fraction of sp³-hybridized carbons (Fsp3) is 0.571. The summed E-state index contributed by atoms with van der Waals surface area (Å²) in [5.74, 6) is 6.46. The summed E-state index contributed by atoms with van der Waals surface area (Å²) in [5.41, 5.74) is 9.78. The normalized spacial score (nSPS) is 21.2. The Morgan fingerprint density at radius 2 is 0.705 bits per heavy atom. The largest absolute Gasteiger partial charge is 0.420 e. The number of aromatic nitrogens is 13. The third-order valence-corrected chi connectivity index (χ3v) is 30.7. The number of fused-ring (bicyclic) bond motifs is 8. The van der Waals surface area contributed by atoms with Gasteiger partial charge in [-0.05, 0) is 227 Å². The van der Waals surface area contributed by atoms with Crippen LogP contribution in [0.15, 0.2) is 132 Å². The molecule has 6 aliphatic rings. The summed E-state index contributed by atoms with van der Waals surface area (Å²) in [6, 6.07) is 38.2. The highest BCUT2D eigenvalue weighted by Crippen LogP contribution is 2.38. The number of likely N-dealkylation sites (N-methyl/N-ethyl adjacent to an activating group) is 4. The summed E-state index contributed by atoms with van der Waals surface area (Å²) in [6.45, 7) is 34.2. The van der Waals surface area contributed by atoms with Gasteiger partial charge >= 0.3 is 0 Å². The molecule has 27 heteroatoms. The molecular formula is C105H147N21O5S. The highest BCUT2D eigenvalue weighted by Gasteiger charge is 2.42. The molecule has 12 atom stereocenters. The average Bonchev–Trinajstić information content (AvgIpc) is 1.65. The van der Waals surface area contributed by atoms with Gasteiger partial charge in [0.2, 0.25) is 17.0 Å². The number of para-hydroxylation sites is 4. The highest BCUT2D eigenvalue weighted by molar-refractivity contribution is 7.17. The predicted molar refractivity (Wildman–Crippen MR) is 535 cm³/mol. The molecule has 0 aliphatic carbocycles. The first kappa shape index (κ1) is 96.4. The van der Waals surface area contributed by atoms with Crippen LogP contribution in [0, 0.1) is 47.3 Å². The number of carbonyl (C=O) groups is 4. The monoisotopic (exact) mass is 1810 g/mol. The maximum absolute atomic E-state index is 13.2. The van der Waals surface area contributed by atoms with Crippen LogP contribution in [0.1, 0.15) is 250 Å². The van der Waals surface area contributed by atoms with E-state index in [4.69, 9.17) is 4.42 Å². The zero-order valence-electron chi connectivity index (χ0n) is 81.3. The lowest BCUT2D eigenvalue weighted by Gasteiger charge is -2.42. The van der Waals surface area contributed by atoms with Crippen LogP contribution in [0.4, 0.5) is 23.0 Å². The Morgan fingerprint density at radius 1 is 0.386 bits per heavy atom. The molecule has 0 spiro atoms. The molecule has 0 amide bonds. The molecule has 26 nitrogen and oxygen atoms in total. The number of hydrogen-bond donors (Lipinski definition) is 6. The fourth-order valence-electron chi connectivity index (χ4n) is 21.0. The van der Waals surface area contributed by atoms with E-state index in [1.54, 1.807) is 6.20 Å². The molecule has 0 radical (unpaired) electrons. The van der Waals surface area contributed by atoms with Crippen molar-refractivity contribution in [2.45, 2.75) is 260 Å². The molecule has 4 aromatic carbocycles. The number of Topliss-reactive ketones (excluding diaryl/α,β-unsaturated/α-hetero) is 4. The lowest BCUT2D eigenvalue weighted by Crippen LogP contribution is -2.55. The van der Waals surface area contributed by atoms with Gasteiger partial charge in [-0.1, -0.05) is 165 Å². The molecule has 0 saturated carbocycles. The first-order valence-corrected chi connectivity index (χ1v) is 50.2. The number of anilines is 4. The lowest BCUT2D eigenvalue weighted by atomic mass is 9.87. The second-order valence-corrected chi connectivity index (χ2v) is 42.4. The molecule has 14 heterocycles. The first-order valence-electron chi connectivity index (χ1n) is 49.4. The van der Waals surface area contributed by atoms with Gasteiger partial charge < -0.3 is 44.0 Å². The number of hydrogen-bond acceptors (Lipinski definition) is 21. The molecular weight excluding hydrogens is 1670 g/mol. The van der Waals surface area contributed by atoms with Gasteiger partial charge in [-0.25, -0.2) is 4.98 Å². The molecule has 6 N–H and O–H groups in total. The van der Waals surface area contributed by atoms with Gasteiger partial charge in [0.25, 0.3) is 6.01 Å². The van der Waals surface area contributed by atoms with Crippen LogP contribution in [0.25, 0.3) is 43.6 Å². The Labute approximate surface area is 785 Å². The lowest BCUT2D eigenvalue weighted by molar-refractivity contribution is 0.0925. The van der Waals surface area contributed by atoms with E-state index < -0.39 is 0 Å². The minimum Gasteiger partial charge on any atom is -0.420 e. The summed E-state index contributed by atoms with van der Waals surface area (Å²) in [4.78, 5) is 98.8. The van der Waals surface area contributed by atoms with E-state index in [-0.39, 0.29) is 40.9 Å². The van der Waals surface area contributed by atoms with Crippen molar-refractivity contribution in [2.75, 3.05) is 100 Å². The summed E-state index contributed by atoms with van der Waals surface area (Å²) >= 11 is 1.46. The Bertz CT molecular complexity index is 5040. The second-order valence-electron chi connectivity index (χ2n) is 41.4. The molecule has 6 fully saturated rings. The van der Waals surface area contributed by atoms with E-state index >= 15 is 0 Å². The molecule has 132 heavy (non-hydrogen) atoms. The zero-order valence-corrected chi connectivity index (χ0v) is 82.1. The number of oxazole rings is 1. The molecule has 708 valence electrons. The van der Waals surface area contributed by atoms with Gasteiger partial charge in [0.1, 0.15) is 0 Å². The summed E-state index contributed by atoms with van der Waals surface area (Å²) < 4.78 is 6.02. The Hall–Kier alpha value is -10.2. The number of H-pyrrole nitrogens is 6. The first-order chi connectivity index (χ1) is 63.6. The van der Waals surface area contributed by atoms with E-state index in [1.165, 1.54) is 80.8 Å². The maximum Gasteiger partial charge on any atom is 0.297 e. The van der Waals surface area contributed by atoms with Crippen LogP contribution < -0.4 is 19.6 Å².